The summed E-state index contributed by atoms with van der Waals surface area (Å²) in [5.41, 5.74) is 1.77. The van der Waals surface area contributed by atoms with Gasteiger partial charge in [-0.15, -0.1) is 12.6 Å². The van der Waals surface area contributed by atoms with Gasteiger partial charge in [-0.25, -0.2) is 4.68 Å². The monoisotopic (exact) mass is 323 g/mol. The van der Waals surface area contributed by atoms with Gasteiger partial charge in [0.1, 0.15) is 4.71 Å². The van der Waals surface area contributed by atoms with E-state index < -0.39 is 0 Å². The van der Waals surface area contributed by atoms with Gasteiger partial charge in [0, 0.05) is 16.8 Å². The smallest absolute Gasteiger partial charge is 0.259 e. The summed E-state index contributed by atoms with van der Waals surface area (Å²) in [5.74, 6) is -0.103. The van der Waals surface area contributed by atoms with Crippen molar-refractivity contribution >= 4 is 48.0 Å². The van der Waals surface area contributed by atoms with Crippen molar-refractivity contribution in [3.05, 3.63) is 52.2 Å². The van der Waals surface area contributed by atoms with E-state index in [2.05, 4.69) is 23.0 Å². The molecule has 1 aliphatic rings. The zero-order valence-electron chi connectivity index (χ0n) is 10.2. The molecule has 102 valence electrons. The molecule has 0 aliphatic carbocycles. The summed E-state index contributed by atoms with van der Waals surface area (Å²) in [5, 5.41) is 7.66. The number of aromatic nitrogens is 2. The first-order valence-corrected chi connectivity index (χ1v) is 7.57. The van der Waals surface area contributed by atoms with Gasteiger partial charge in [0.05, 0.1) is 16.8 Å². The highest BCUT2D eigenvalue weighted by molar-refractivity contribution is 8.14. The molecule has 0 radical (unpaired) electrons. The lowest BCUT2D eigenvalue weighted by Gasteiger charge is -1.99. The fraction of sp³-hybridized carbons (Fsp3) is 0.0769. The standard InChI is InChI=1S/C13H10ClN3OS2/c14-9-1-3-10(4-2-9)17-7-8(6-15-17)5-11-12(18)16-13(19)20-11/h1-7,13,19H,(H,16,18)/b11-5-. The number of hydrogen-bond acceptors (Lipinski definition) is 4. The summed E-state index contributed by atoms with van der Waals surface area (Å²) < 4.78 is 1.55. The van der Waals surface area contributed by atoms with Crippen LogP contribution in [0.4, 0.5) is 0 Å². The minimum absolute atomic E-state index is 0.103. The van der Waals surface area contributed by atoms with E-state index in [0.717, 1.165) is 11.3 Å². The number of rotatable bonds is 2. The molecular weight excluding hydrogens is 314 g/mol. The maximum Gasteiger partial charge on any atom is 0.259 e. The lowest BCUT2D eigenvalue weighted by molar-refractivity contribution is -0.116. The number of nitrogens with one attached hydrogen (secondary N) is 1. The van der Waals surface area contributed by atoms with Crippen molar-refractivity contribution in [1.29, 1.82) is 0 Å². The van der Waals surface area contributed by atoms with Crippen LogP contribution in [0.1, 0.15) is 5.56 Å². The van der Waals surface area contributed by atoms with Crippen LogP contribution in [0.3, 0.4) is 0 Å². The summed E-state index contributed by atoms with van der Waals surface area (Å²) in [7, 11) is 0. The van der Waals surface area contributed by atoms with Crippen LogP contribution in [0.2, 0.25) is 5.02 Å². The van der Waals surface area contributed by atoms with Gasteiger partial charge in [-0.2, -0.15) is 5.10 Å². The number of hydrogen-bond donors (Lipinski definition) is 2. The van der Waals surface area contributed by atoms with E-state index in [0.29, 0.717) is 9.93 Å². The first-order valence-electron chi connectivity index (χ1n) is 5.80. The molecule has 1 fully saturated rings. The maximum atomic E-state index is 11.6. The van der Waals surface area contributed by atoms with E-state index in [1.54, 1.807) is 17.0 Å². The van der Waals surface area contributed by atoms with Gasteiger partial charge in [-0.3, -0.25) is 4.79 Å². The SMILES string of the molecule is O=C1NC(S)S/C1=C\c1cnn(-c2ccc(Cl)cc2)c1. The molecule has 7 heteroatoms. The lowest BCUT2D eigenvalue weighted by atomic mass is 10.3. The molecule has 0 saturated carbocycles. The molecule has 1 aromatic carbocycles. The molecule has 1 unspecified atom stereocenters. The van der Waals surface area contributed by atoms with E-state index in [4.69, 9.17) is 11.6 Å². The normalized spacial score (nSPS) is 20.4. The summed E-state index contributed by atoms with van der Waals surface area (Å²) in [6.07, 6.45) is 5.37. The Bertz CT molecular complexity index is 681. The predicted molar refractivity (Wildman–Crippen MR) is 85.1 cm³/mol. The first kappa shape index (κ1) is 13.6. The van der Waals surface area contributed by atoms with Gasteiger partial charge < -0.3 is 5.32 Å². The third kappa shape index (κ3) is 2.87. The molecule has 2 aromatic rings. The molecular formula is C13H10ClN3OS2. The van der Waals surface area contributed by atoms with Crippen LogP contribution in [0, 0.1) is 0 Å². The van der Waals surface area contributed by atoms with Crippen molar-refractivity contribution in [2.45, 2.75) is 4.71 Å². The van der Waals surface area contributed by atoms with Crippen molar-refractivity contribution in [2.75, 3.05) is 0 Å². The number of nitrogens with zero attached hydrogens (tertiary/aromatic N) is 2. The summed E-state index contributed by atoms with van der Waals surface area (Å²) in [4.78, 5) is 12.3. The number of carbonyl (C=O) groups excluding carboxylic acids is 1. The summed E-state index contributed by atoms with van der Waals surface area (Å²) >= 11 is 11.4. The zero-order chi connectivity index (χ0) is 14.1. The van der Waals surface area contributed by atoms with Crippen LogP contribution < -0.4 is 5.32 Å². The second-order valence-electron chi connectivity index (χ2n) is 4.15. The van der Waals surface area contributed by atoms with E-state index in [1.807, 2.05) is 30.5 Å². The molecule has 2 heterocycles. The van der Waals surface area contributed by atoms with E-state index in [1.165, 1.54) is 11.8 Å². The van der Waals surface area contributed by atoms with E-state index in [9.17, 15) is 4.79 Å². The minimum Gasteiger partial charge on any atom is -0.331 e. The molecule has 0 bridgehead atoms. The van der Waals surface area contributed by atoms with Crippen LogP contribution in [-0.4, -0.2) is 20.4 Å². The van der Waals surface area contributed by atoms with Gasteiger partial charge in [-0.1, -0.05) is 23.4 Å². The van der Waals surface area contributed by atoms with Crippen molar-refractivity contribution in [3.63, 3.8) is 0 Å². The molecule has 0 spiro atoms. The van der Waals surface area contributed by atoms with Gasteiger partial charge in [0.2, 0.25) is 0 Å². The molecule has 3 rings (SSSR count). The largest absolute Gasteiger partial charge is 0.331 e. The quantitative estimate of drug-likeness (QED) is 0.660. The van der Waals surface area contributed by atoms with Crippen molar-refractivity contribution in [2.24, 2.45) is 0 Å². The molecule has 1 atom stereocenters. The molecule has 4 nitrogen and oxygen atoms in total. The van der Waals surface area contributed by atoms with E-state index >= 15 is 0 Å². The summed E-state index contributed by atoms with van der Waals surface area (Å²) in [6, 6.07) is 7.38. The third-order valence-electron chi connectivity index (χ3n) is 2.71. The van der Waals surface area contributed by atoms with E-state index in [-0.39, 0.29) is 10.6 Å². The topological polar surface area (TPSA) is 46.9 Å². The Hall–Kier alpha value is -1.37. The van der Waals surface area contributed by atoms with Gasteiger partial charge in [0.25, 0.3) is 5.91 Å². The predicted octanol–water partition coefficient (Wildman–Crippen LogP) is 2.94. The summed E-state index contributed by atoms with van der Waals surface area (Å²) in [6.45, 7) is 0. The second-order valence-corrected chi connectivity index (χ2v) is 6.60. The highest BCUT2D eigenvalue weighted by Gasteiger charge is 2.24. The molecule has 1 aliphatic heterocycles. The minimum atomic E-state index is -0.180. The lowest BCUT2D eigenvalue weighted by Crippen LogP contribution is -2.19. The van der Waals surface area contributed by atoms with Crippen molar-refractivity contribution in [1.82, 2.24) is 15.1 Å². The Morgan fingerprint density at radius 2 is 2.15 bits per heavy atom. The van der Waals surface area contributed by atoms with Crippen LogP contribution in [-0.2, 0) is 4.79 Å². The third-order valence-corrected chi connectivity index (χ3v) is 4.30. The molecule has 1 aromatic heterocycles. The van der Waals surface area contributed by atoms with Gasteiger partial charge in [-0.05, 0) is 30.3 Å². The fourth-order valence-corrected chi connectivity index (χ4v) is 3.14. The number of carbonyl (C=O) groups is 1. The molecule has 1 amide bonds. The highest BCUT2D eigenvalue weighted by Crippen LogP contribution is 2.30. The average molecular weight is 324 g/mol. The number of halogens is 1. The molecule has 1 saturated heterocycles. The number of benzene rings is 1. The molecule has 20 heavy (non-hydrogen) atoms. The first-order chi connectivity index (χ1) is 9.61. The molecule has 1 N–H and O–H groups in total. The van der Waals surface area contributed by atoms with Crippen LogP contribution in [0.5, 0.6) is 0 Å². The van der Waals surface area contributed by atoms with Crippen LogP contribution in [0.15, 0.2) is 41.6 Å². The Labute approximate surface area is 130 Å². The van der Waals surface area contributed by atoms with Crippen LogP contribution >= 0.6 is 36.0 Å². The van der Waals surface area contributed by atoms with Crippen molar-refractivity contribution < 1.29 is 4.79 Å². The number of thioether (sulfide) groups is 1. The zero-order valence-corrected chi connectivity index (χ0v) is 12.6. The Kier molecular flexibility index (Phi) is 3.78. The van der Waals surface area contributed by atoms with Crippen LogP contribution in [0.25, 0.3) is 11.8 Å². The van der Waals surface area contributed by atoms with Crippen molar-refractivity contribution in [3.8, 4) is 5.69 Å². The fourth-order valence-electron chi connectivity index (χ4n) is 1.78. The highest BCUT2D eigenvalue weighted by atomic mass is 35.5. The average Bonchev–Trinajstić information content (AvgIpc) is 2.98. The maximum absolute atomic E-state index is 11.6. The number of amides is 1. The van der Waals surface area contributed by atoms with Gasteiger partial charge in [0.15, 0.2) is 0 Å². The number of thiol groups is 1. The Balaban J connectivity index is 1.85. The Morgan fingerprint density at radius 1 is 1.40 bits per heavy atom. The Morgan fingerprint density at radius 3 is 2.80 bits per heavy atom. The van der Waals surface area contributed by atoms with Gasteiger partial charge >= 0.3 is 0 Å². The second kappa shape index (κ2) is 5.55.